The van der Waals surface area contributed by atoms with Gasteiger partial charge in [0, 0.05) is 38.0 Å². The Morgan fingerprint density at radius 1 is 1.08 bits per heavy atom. The maximum atomic E-state index is 13.8. The molecule has 3 aliphatic rings. The van der Waals surface area contributed by atoms with Crippen LogP contribution in [0.25, 0.3) is 5.69 Å². The second-order valence-corrected chi connectivity index (χ2v) is 10.7. The molecule has 0 saturated heterocycles. The smallest absolute Gasteiger partial charge is 0.256 e. The maximum absolute atomic E-state index is 13.8. The van der Waals surface area contributed by atoms with Crippen molar-refractivity contribution in [3.05, 3.63) is 87.4 Å². The van der Waals surface area contributed by atoms with Crippen LogP contribution in [-0.2, 0) is 17.6 Å². The van der Waals surface area contributed by atoms with Gasteiger partial charge in [0.1, 0.15) is 4.60 Å². The Kier molecular flexibility index (Phi) is 5.79. The SMILES string of the molecule is C=CC(=O)N1CCc2nn(-c3ccc(C4CC4)cc3)c3c2C(C1)N(C(=O)c1ccc(Br)nc1C)CC3. The minimum absolute atomic E-state index is 0.0662. The molecule has 1 aromatic carbocycles. The number of carbonyl (C=O) groups excluding carboxylic acids is 2. The van der Waals surface area contributed by atoms with Gasteiger partial charge in [-0.15, -0.1) is 0 Å². The molecule has 0 bridgehead atoms. The first-order valence-corrected chi connectivity index (χ1v) is 13.3. The maximum Gasteiger partial charge on any atom is 0.256 e. The fraction of sp³-hybridized carbons (Fsp3) is 0.357. The van der Waals surface area contributed by atoms with Crippen LogP contribution in [-0.4, -0.2) is 56.0 Å². The first kappa shape index (κ1) is 23.2. The molecule has 7 nitrogen and oxygen atoms in total. The van der Waals surface area contributed by atoms with Crippen molar-refractivity contribution in [1.82, 2.24) is 24.6 Å². The molecule has 1 saturated carbocycles. The molecule has 6 rings (SSSR count). The second-order valence-electron chi connectivity index (χ2n) is 9.85. The third-order valence-corrected chi connectivity index (χ3v) is 8.07. The highest BCUT2D eigenvalue weighted by atomic mass is 79.9. The van der Waals surface area contributed by atoms with E-state index in [0.29, 0.717) is 54.3 Å². The standard InChI is InChI=1S/C28H28BrN5O2/c1-3-26(35)32-14-12-22-27-23(34(31-22)20-8-6-19(7-9-20)18-4-5-18)13-15-33(24(27)16-32)28(36)21-10-11-25(29)30-17(21)2/h3,6-11,18,24H,1,4-5,12-16H2,2H3. The molecule has 1 fully saturated rings. The molecule has 4 heterocycles. The van der Waals surface area contributed by atoms with Gasteiger partial charge in [-0.2, -0.15) is 5.10 Å². The van der Waals surface area contributed by atoms with Gasteiger partial charge in [0.2, 0.25) is 5.91 Å². The predicted molar refractivity (Wildman–Crippen MR) is 140 cm³/mol. The Morgan fingerprint density at radius 2 is 1.86 bits per heavy atom. The van der Waals surface area contributed by atoms with E-state index in [4.69, 9.17) is 5.10 Å². The molecular weight excluding hydrogens is 518 g/mol. The van der Waals surface area contributed by atoms with Crippen LogP contribution in [0.15, 0.2) is 53.7 Å². The van der Waals surface area contributed by atoms with Crippen LogP contribution in [0.4, 0.5) is 0 Å². The van der Waals surface area contributed by atoms with E-state index >= 15 is 0 Å². The first-order chi connectivity index (χ1) is 17.4. The molecule has 1 aliphatic carbocycles. The van der Waals surface area contributed by atoms with Gasteiger partial charge < -0.3 is 9.80 Å². The zero-order chi connectivity index (χ0) is 25.0. The van der Waals surface area contributed by atoms with E-state index in [1.54, 1.807) is 11.0 Å². The Hall–Kier alpha value is -3.26. The van der Waals surface area contributed by atoms with Crippen LogP contribution in [0.5, 0.6) is 0 Å². The Labute approximate surface area is 218 Å². The number of hydrogen-bond acceptors (Lipinski definition) is 4. The molecule has 36 heavy (non-hydrogen) atoms. The van der Waals surface area contributed by atoms with Crippen LogP contribution in [0.3, 0.4) is 0 Å². The number of halogens is 1. The molecular formula is C28H28BrN5O2. The highest BCUT2D eigenvalue weighted by Gasteiger charge is 2.40. The molecule has 2 amide bonds. The summed E-state index contributed by atoms with van der Waals surface area (Å²) in [6, 6.07) is 12.1. The fourth-order valence-corrected chi connectivity index (χ4v) is 5.99. The molecule has 1 unspecified atom stereocenters. The molecule has 2 aromatic heterocycles. The van der Waals surface area contributed by atoms with Gasteiger partial charge in [0.05, 0.1) is 34.4 Å². The van der Waals surface area contributed by atoms with E-state index in [0.717, 1.165) is 22.6 Å². The lowest BCUT2D eigenvalue weighted by Crippen LogP contribution is -2.46. The van der Waals surface area contributed by atoms with Crippen LogP contribution in [0.2, 0.25) is 0 Å². The van der Waals surface area contributed by atoms with E-state index in [2.05, 4.69) is 56.4 Å². The number of pyridine rings is 1. The number of amides is 2. The van der Waals surface area contributed by atoms with Gasteiger partial charge in [-0.25, -0.2) is 9.67 Å². The lowest BCUT2D eigenvalue weighted by Gasteiger charge is -2.38. The molecule has 2 aliphatic heterocycles. The van der Waals surface area contributed by atoms with Gasteiger partial charge in [-0.1, -0.05) is 18.7 Å². The monoisotopic (exact) mass is 545 g/mol. The minimum atomic E-state index is -0.273. The molecule has 8 heteroatoms. The first-order valence-electron chi connectivity index (χ1n) is 12.5. The number of hydrogen-bond donors (Lipinski definition) is 0. The van der Waals surface area contributed by atoms with Crippen molar-refractivity contribution in [2.45, 2.75) is 44.6 Å². The van der Waals surface area contributed by atoms with E-state index < -0.39 is 0 Å². The summed E-state index contributed by atoms with van der Waals surface area (Å²) < 4.78 is 2.76. The van der Waals surface area contributed by atoms with Crippen molar-refractivity contribution in [2.24, 2.45) is 0 Å². The highest BCUT2D eigenvalue weighted by molar-refractivity contribution is 9.10. The van der Waals surface area contributed by atoms with Crippen molar-refractivity contribution < 1.29 is 9.59 Å². The molecule has 0 spiro atoms. The van der Waals surface area contributed by atoms with Crippen molar-refractivity contribution in [3.8, 4) is 5.69 Å². The number of aryl methyl sites for hydroxylation is 1. The topological polar surface area (TPSA) is 71.3 Å². The van der Waals surface area contributed by atoms with E-state index in [1.165, 1.54) is 24.5 Å². The summed E-state index contributed by atoms with van der Waals surface area (Å²) in [6.07, 6.45) is 5.25. The number of carbonyl (C=O) groups is 2. The third-order valence-electron chi connectivity index (χ3n) is 7.62. The fourth-order valence-electron chi connectivity index (χ4n) is 5.60. The average Bonchev–Trinajstić information content (AvgIpc) is 3.69. The zero-order valence-electron chi connectivity index (χ0n) is 20.3. The van der Waals surface area contributed by atoms with Crippen molar-refractivity contribution in [2.75, 3.05) is 19.6 Å². The lowest BCUT2D eigenvalue weighted by molar-refractivity contribution is -0.126. The molecule has 1 atom stereocenters. The summed E-state index contributed by atoms with van der Waals surface area (Å²) in [7, 11) is 0. The summed E-state index contributed by atoms with van der Waals surface area (Å²) >= 11 is 3.39. The summed E-state index contributed by atoms with van der Waals surface area (Å²) in [5.74, 6) is 0.522. The largest absolute Gasteiger partial charge is 0.336 e. The van der Waals surface area contributed by atoms with E-state index in [9.17, 15) is 9.59 Å². The van der Waals surface area contributed by atoms with Crippen molar-refractivity contribution in [1.29, 1.82) is 0 Å². The van der Waals surface area contributed by atoms with Crippen molar-refractivity contribution >= 4 is 27.7 Å². The number of nitrogens with zero attached hydrogens (tertiary/aromatic N) is 5. The number of benzene rings is 1. The van der Waals surface area contributed by atoms with Crippen molar-refractivity contribution in [3.63, 3.8) is 0 Å². The quantitative estimate of drug-likeness (QED) is 0.356. The third kappa shape index (κ3) is 3.97. The van der Waals surface area contributed by atoms with Crippen LogP contribution in [0, 0.1) is 6.92 Å². The average molecular weight is 546 g/mol. The Balaban J connectivity index is 1.41. The summed E-state index contributed by atoms with van der Waals surface area (Å²) in [5, 5.41) is 5.04. The molecule has 0 radical (unpaired) electrons. The Morgan fingerprint density at radius 3 is 2.56 bits per heavy atom. The zero-order valence-corrected chi connectivity index (χ0v) is 21.9. The van der Waals surface area contributed by atoms with Gasteiger partial charge in [-0.05, 0) is 77.5 Å². The van der Waals surface area contributed by atoms with Crippen LogP contribution >= 0.6 is 15.9 Å². The van der Waals surface area contributed by atoms with Gasteiger partial charge in [0.15, 0.2) is 0 Å². The second kappa shape index (κ2) is 9.00. The van der Waals surface area contributed by atoms with E-state index in [-0.39, 0.29) is 17.9 Å². The van der Waals surface area contributed by atoms with Crippen LogP contribution < -0.4 is 0 Å². The predicted octanol–water partition coefficient (Wildman–Crippen LogP) is 4.53. The summed E-state index contributed by atoms with van der Waals surface area (Å²) in [5.41, 5.74) is 6.89. The normalized spacial score (nSPS) is 19.0. The van der Waals surface area contributed by atoms with Gasteiger partial charge in [0.25, 0.3) is 5.91 Å². The van der Waals surface area contributed by atoms with E-state index in [1.807, 2.05) is 17.9 Å². The number of rotatable bonds is 4. The Bertz CT molecular complexity index is 1380. The van der Waals surface area contributed by atoms with Crippen LogP contribution in [0.1, 0.15) is 63.4 Å². The molecule has 3 aromatic rings. The lowest BCUT2D eigenvalue weighted by atomic mass is 9.94. The number of aromatic nitrogens is 3. The summed E-state index contributed by atoms with van der Waals surface area (Å²) in [4.78, 5) is 34.6. The highest BCUT2D eigenvalue weighted by Crippen LogP contribution is 2.41. The summed E-state index contributed by atoms with van der Waals surface area (Å²) in [6.45, 7) is 7.05. The molecule has 0 N–H and O–H groups in total. The van der Waals surface area contributed by atoms with Gasteiger partial charge in [-0.3, -0.25) is 9.59 Å². The molecule has 184 valence electrons. The van der Waals surface area contributed by atoms with Gasteiger partial charge >= 0.3 is 0 Å². The minimum Gasteiger partial charge on any atom is -0.336 e.